The van der Waals surface area contributed by atoms with Crippen LogP contribution < -0.4 is 75.7 Å². The minimum atomic E-state index is -1.89. The van der Waals surface area contributed by atoms with Gasteiger partial charge in [-0.1, -0.05) is 135 Å². The molecule has 23 N–H and O–H groups in total. The number of aliphatic hydroxyl groups is 2. The van der Waals surface area contributed by atoms with Gasteiger partial charge in [0.05, 0.1) is 37.8 Å². The Hall–Kier alpha value is -13.5. The Morgan fingerprint density at radius 2 is 1.09 bits per heavy atom. The summed E-state index contributed by atoms with van der Waals surface area (Å²) in [5.74, 6) is -17.6. The molecule has 0 aliphatic carbocycles. The summed E-state index contributed by atoms with van der Waals surface area (Å²) >= 11 is 0.796. The molecule has 6 heterocycles. The smallest absolute Gasteiger partial charge is 0.246 e. The number of nitrogens with zero attached hydrogens (tertiary/aromatic N) is 6. The Bertz CT molecular complexity index is 5350. The topological polar surface area (TPSA) is 641 Å². The first-order chi connectivity index (χ1) is 66.0. The highest BCUT2D eigenvalue weighted by molar-refractivity contribution is 8.00. The van der Waals surface area contributed by atoms with Gasteiger partial charge in [-0.05, 0) is 97.6 Å². The van der Waals surface area contributed by atoms with Crippen molar-refractivity contribution in [2.75, 3.05) is 65.4 Å². The lowest BCUT2D eigenvalue weighted by molar-refractivity contribution is -0.149. The van der Waals surface area contributed by atoms with Gasteiger partial charge in [0.1, 0.15) is 84.6 Å². The number of carbonyl (C=O) groups is 17. The highest BCUT2D eigenvalue weighted by Gasteiger charge is 2.47. The number of H-pyrrole nitrogens is 3. The second kappa shape index (κ2) is 51.2. The number of guanidine groups is 1. The summed E-state index contributed by atoms with van der Waals surface area (Å²) < 4.78 is 0. The number of hydrogen-bond donors (Lipinski definition) is 20. The van der Waals surface area contributed by atoms with Gasteiger partial charge in [-0.15, -0.1) is 11.8 Å². The number of rotatable bonds is 26. The maximum atomic E-state index is 15.8. The Kier molecular flexibility index (Phi) is 40.2. The molecule has 3 saturated heterocycles. The molecule has 3 aliphatic heterocycles. The van der Waals surface area contributed by atoms with Crippen molar-refractivity contribution in [1.29, 1.82) is 5.41 Å². The van der Waals surface area contributed by atoms with Crippen molar-refractivity contribution in [3.8, 4) is 0 Å². The lowest BCUT2D eigenvalue weighted by atomic mass is 9.86. The fourth-order valence-corrected chi connectivity index (χ4v) is 18.2. The molecule has 0 spiro atoms. The zero-order valence-corrected chi connectivity index (χ0v) is 81.4. The molecule has 0 bridgehead atoms. The molecular formula is C95H136N24O19S. The number of unbranched alkanes of at least 4 members (excludes halogenated alkanes) is 2. The second-order valence-corrected chi connectivity index (χ2v) is 38.3. The number of amides is 17. The highest BCUT2D eigenvalue weighted by Crippen LogP contribution is 2.29. The Morgan fingerprint density at radius 1 is 0.554 bits per heavy atom. The van der Waals surface area contributed by atoms with Crippen LogP contribution in [0.15, 0.2) is 97.7 Å². The molecule has 139 heavy (non-hydrogen) atoms. The number of carbonyl (C=O) groups excluding carboxylic acids is 17. The third-order valence-electron chi connectivity index (χ3n) is 25.2. The number of benzene rings is 3. The van der Waals surface area contributed by atoms with Gasteiger partial charge in [0, 0.05) is 125 Å². The molecule has 43 nitrogen and oxygen atoms in total. The van der Waals surface area contributed by atoms with E-state index in [2.05, 4.69) is 78.4 Å². The molecule has 3 aromatic carbocycles. The quantitative estimate of drug-likeness (QED) is 0.0170. The summed E-state index contributed by atoms with van der Waals surface area (Å²) in [6, 6.07) is -0.400. The minimum absolute atomic E-state index is 0.00628. The summed E-state index contributed by atoms with van der Waals surface area (Å²) in [4.78, 5) is 271. The van der Waals surface area contributed by atoms with Gasteiger partial charge in [-0.3, -0.25) is 86.9 Å². The van der Waals surface area contributed by atoms with Crippen LogP contribution in [0.3, 0.4) is 0 Å². The Labute approximate surface area is 810 Å². The van der Waals surface area contributed by atoms with E-state index in [1.165, 1.54) is 40.6 Å². The van der Waals surface area contributed by atoms with Gasteiger partial charge in [-0.25, -0.2) is 4.98 Å². The van der Waals surface area contributed by atoms with Crippen LogP contribution in [0.2, 0.25) is 0 Å². The molecular weight excluding hydrogens is 1810 g/mol. The molecule has 3 aliphatic rings. The van der Waals surface area contributed by atoms with E-state index in [0.717, 1.165) is 41.8 Å². The zero-order chi connectivity index (χ0) is 102. The van der Waals surface area contributed by atoms with Crippen molar-refractivity contribution in [2.24, 2.45) is 23.1 Å². The van der Waals surface area contributed by atoms with E-state index in [-0.39, 0.29) is 101 Å². The predicted octanol–water partition coefficient (Wildman–Crippen LogP) is -1.34. The SMILES string of the molecule is CCCC[C@H]1C(=O)N(C)[C@@H](CCCC)C(=O)N[C@@H](CCCNC(=N)N)C(=O)N[C@H](C(=O)NCC(N)=O)CSCC(=O)N[C@@H](Cc2ccc(C(C)(C)C)cc2)C(=O)N(C)[C@@H](C)C(=O)N[C@@H](CC(N)=O)C(=O)N2CCC[C@H]2C(=O)N[C@@H](Cc2cnc[nH]2)C(=O)N[C@@H](CC(C)C)C(=O)N2C[C@H](O)CC2C(=O)N[C@@H](Cc2c[nH]c3ccccc23)C(=O)N[C@@H](CO)C(=O)N[C@@H](Cc2c[nH]c3ccccc23)C(=O)N1C. The molecule has 3 fully saturated rings. The van der Waals surface area contributed by atoms with E-state index < -0.39 is 235 Å². The third kappa shape index (κ3) is 30.5. The van der Waals surface area contributed by atoms with Crippen LogP contribution in [0.25, 0.3) is 21.8 Å². The maximum Gasteiger partial charge on any atom is 0.246 e. The van der Waals surface area contributed by atoms with E-state index in [9.17, 15) is 39.0 Å². The summed E-state index contributed by atoms with van der Waals surface area (Å²) in [5, 5.41) is 61.3. The monoisotopic (exact) mass is 1950 g/mol. The van der Waals surface area contributed by atoms with E-state index in [4.69, 9.17) is 22.6 Å². The lowest BCUT2D eigenvalue weighted by Gasteiger charge is -2.36. The minimum Gasteiger partial charge on any atom is -0.394 e. The average Bonchev–Trinajstić information content (AvgIpc) is 1.71. The molecule has 756 valence electrons. The molecule has 17 amide bonds. The number of nitrogens with two attached hydrogens (primary N) is 3. The van der Waals surface area contributed by atoms with Crippen LogP contribution in [0.4, 0.5) is 0 Å². The molecule has 15 atom stereocenters. The second-order valence-electron chi connectivity index (χ2n) is 37.3. The average molecular weight is 1950 g/mol. The molecule has 0 radical (unpaired) electrons. The number of aromatic amines is 3. The van der Waals surface area contributed by atoms with Crippen LogP contribution in [0.1, 0.15) is 167 Å². The van der Waals surface area contributed by atoms with Gasteiger partial charge >= 0.3 is 0 Å². The van der Waals surface area contributed by atoms with E-state index in [0.29, 0.717) is 69.9 Å². The van der Waals surface area contributed by atoms with Gasteiger partial charge in [0.25, 0.3) is 0 Å². The van der Waals surface area contributed by atoms with Gasteiger partial charge < -0.3 is 125 Å². The number of primary amides is 2. The Morgan fingerprint density at radius 3 is 1.67 bits per heavy atom. The van der Waals surface area contributed by atoms with Crippen LogP contribution in [-0.2, 0) is 113 Å². The van der Waals surface area contributed by atoms with Gasteiger partial charge in [-0.2, -0.15) is 0 Å². The van der Waals surface area contributed by atoms with Crippen molar-refractivity contribution >= 4 is 140 Å². The van der Waals surface area contributed by atoms with Crippen LogP contribution in [0.5, 0.6) is 0 Å². The number of para-hydroxylation sites is 2. The van der Waals surface area contributed by atoms with Crippen LogP contribution >= 0.6 is 11.8 Å². The maximum absolute atomic E-state index is 15.8. The van der Waals surface area contributed by atoms with Crippen molar-refractivity contribution in [2.45, 2.75) is 261 Å². The number of nitrogens with one attached hydrogen (secondary N) is 15. The molecule has 3 aromatic heterocycles. The number of thioether (sulfide) groups is 1. The van der Waals surface area contributed by atoms with Crippen LogP contribution in [-0.4, -0.2) is 317 Å². The number of fused-ring (bicyclic) bond motifs is 4. The van der Waals surface area contributed by atoms with Crippen molar-refractivity contribution in [3.63, 3.8) is 0 Å². The summed E-state index contributed by atoms with van der Waals surface area (Å²) in [7, 11) is 3.97. The molecule has 6 aromatic rings. The van der Waals surface area contributed by atoms with E-state index in [1.54, 1.807) is 86.9 Å². The highest BCUT2D eigenvalue weighted by atomic mass is 32.2. The fraction of sp³-hybridized carbons (Fsp3) is 0.547. The lowest BCUT2D eigenvalue weighted by Crippen LogP contribution is -2.62. The zero-order valence-electron chi connectivity index (χ0n) is 80.6. The fourth-order valence-electron chi connectivity index (χ4n) is 17.3. The number of aliphatic hydroxyl groups excluding tert-OH is 2. The van der Waals surface area contributed by atoms with Crippen molar-refractivity contribution < 1.29 is 91.7 Å². The number of aromatic nitrogens is 4. The molecule has 0 saturated carbocycles. The first kappa shape index (κ1) is 109. The largest absolute Gasteiger partial charge is 0.394 e. The van der Waals surface area contributed by atoms with Gasteiger partial charge in [0.2, 0.25) is 100 Å². The number of likely N-dealkylation sites (N-methyl/N-ethyl adjacent to an activating group) is 3. The van der Waals surface area contributed by atoms with Crippen molar-refractivity contribution in [3.05, 3.63) is 126 Å². The summed E-state index contributed by atoms with van der Waals surface area (Å²) in [6.07, 6.45) is 3.90. The molecule has 1 unspecified atom stereocenters. The molecule has 9 rings (SSSR count). The normalized spacial score (nSPS) is 24.5. The van der Waals surface area contributed by atoms with Crippen molar-refractivity contribution in [1.82, 2.24) is 103 Å². The van der Waals surface area contributed by atoms with E-state index in [1.807, 2.05) is 46.8 Å². The first-order valence-corrected chi connectivity index (χ1v) is 48.3. The number of imidazole rings is 1. The molecule has 44 heteroatoms. The summed E-state index contributed by atoms with van der Waals surface area (Å²) in [6.45, 7) is 12.1. The summed E-state index contributed by atoms with van der Waals surface area (Å²) in [5.41, 5.74) is 20.7. The third-order valence-corrected chi connectivity index (χ3v) is 26.2. The Balaban J connectivity index is 1.11. The van der Waals surface area contributed by atoms with Crippen LogP contribution in [0, 0.1) is 11.3 Å². The number of hydrogen-bond acceptors (Lipinski definition) is 22. The van der Waals surface area contributed by atoms with Gasteiger partial charge in [0.15, 0.2) is 5.96 Å². The van der Waals surface area contributed by atoms with E-state index >= 15 is 52.7 Å². The predicted molar refractivity (Wildman–Crippen MR) is 517 cm³/mol. The standard InChI is InChI=1S/C95H136N24O19S/c1-12-14-27-73-86(131)107-64(26-20-34-101-94(98)99)82(127)114-72(81(126)104-46-78(97)123)49-139-50-79(124)106-68(37-54-30-32-57(33-31-54)95(6,7)8)89(134)115(9)53(5)80(125)110-70(42-77(96)122)91(136)118-35-21-29-74(118)87(132)109-66(40-58-45-100-51-105-58)84(129)111-67(36-52(3)4)92(137)119-47-59(121)41-76(119)88(133)108-65(38-55-43-102-62-24-18-16-22-60(55)62)83(128)113-71(48-120)85(130)112-69(39-56-44-103-63-25-19-17-23-61(56)63)90(135)117(11)75(28-15-13-2)93(138)116(73)10/h16-19,22-25,30-33,43-45,51-53,59,64-76,102-103,120-121H,12-15,20-21,26-29,34-42,46-50H2,1-11H3,(H2,96,122)(H2,97,123)(H,100,105)(H,104,126)(H,106,124)(H,107,131)(H,108,133)(H,109,132)(H,110,125)(H,111,129)(H,112,130)(H,113,128)(H,114,127)(H4,98,99,101)/t53-,59+,64-,65-,66-,67-,68-,69-,70-,71-,72-,73-,74-,75-,76?/m0/s1. The first-order valence-electron chi connectivity index (χ1n) is 47.1.